The van der Waals surface area contributed by atoms with Crippen molar-refractivity contribution in [1.29, 1.82) is 0 Å². The van der Waals surface area contributed by atoms with Crippen LogP contribution in [0, 0.1) is 6.92 Å². The maximum absolute atomic E-state index is 11.2. The van der Waals surface area contributed by atoms with Crippen LogP contribution in [-0.4, -0.2) is 26.4 Å². The van der Waals surface area contributed by atoms with Crippen LogP contribution < -0.4 is 11.0 Å². The van der Waals surface area contributed by atoms with Gasteiger partial charge in [0.05, 0.1) is 6.21 Å². The molecule has 0 atom stereocenters. The fraction of sp³-hybridized carbons (Fsp3) is 0.0833. The van der Waals surface area contributed by atoms with E-state index in [0.717, 1.165) is 0 Å². The minimum absolute atomic E-state index is 0.199. The molecule has 0 aliphatic rings. The molecular formula is C12H12N4O3. The van der Waals surface area contributed by atoms with Gasteiger partial charge < -0.3 is 10.2 Å². The summed E-state index contributed by atoms with van der Waals surface area (Å²) in [6.07, 6.45) is 1.42. The van der Waals surface area contributed by atoms with E-state index in [9.17, 15) is 9.90 Å². The molecule has 0 aliphatic carbocycles. The Morgan fingerprint density at radius 2 is 2.11 bits per heavy atom. The van der Waals surface area contributed by atoms with Gasteiger partial charge in [-0.2, -0.15) is 5.10 Å². The first-order valence-electron chi connectivity index (χ1n) is 5.43. The van der Waals surface area contributed by atoms with Gasteiger partial charge in [-0.25, -0.2) is 10.4 Å². The molecule has 1 aromatic carbocycles. The second kappa shape index (κ2) is 5.21. The second-order valence-corrected chi connectivity index (χ2v) is 3.85. The molecule has 98 valence electrons. The topological polar surface area (TPSA) is 111 Å². The zero-order chi connectivity index (χ0) is 13.8. The summed E-state index contributed by atoms with van der Waals surface area (Å²) < 4.78 is 0. The van der Waals surface area contributed by atoms with E-state index < -0.39 is 0 Å². The van der Waals surface area contributed by atoms with Crippen LogP contribution in [0.1, 0.15) is 11.3 Å². The predicted octanol–water partition coefficient (Wildman–Crippen LogP) is 0.936. The third kappa shape index (κ3) is 3.32. The first kappa shape index (κ1) is 12.6. The van der Waals surface area contributed by atoms with E-state index in [2.05, 4.69) is 20.5 Å². The first-order valence-corrected chi connectivity index (χ1v) is 5.43. The van der Waals surface area contributed by atoms with Crippen LogP contribution >= 0.6 is 0 Å². The third-order valence-electron chi connectivity index (χ3n) is 2.25. The number of aromatic amines is 1. The molecule has 0 spiro atoms. The van der Waals surface area contributed by atoms with Gasteiger partial charge in [0, 0.05) is 11.8 Å². The standard InChI is InChI=1S/C12H12N4O3/c1-7-4-11(19)15-12(14-7)16-13-6-8-2-3-9(17)10(18)5-8/h2-6,17-18H,1H3,(H2,14,15,16,19)/b13-6+. The molecule has 1 heterocycles. The number of rotatable bonds is 3. The highest BCUT2D eigenvalue weighted by Crippen LogP contribution is 2.23. The van der Waals surface area contributed by atoms with Gasteiger partial charge in [0.15, 0.2) is 11.5 Å². The highest BCUT2D eigenvalue weighted by atomic mass is 16.3. The third-order valence-corrected chi connectivity index (χ3v) is 2.25. The van der Waals surface area contributed by atoms with E-state index >= 15 is 0 Å². The predicted molar refractivity (Wildman–Crippen MR) is 70.6 cm³/mol. The SMILES string of the molecule is Cc1cc(=O)[nH]c(N/N=C/c2ccc(O)c(O)c2)n1. The lowest BCUT2D eigenvalue weighted by atomic mass is 10.2. The van der Waals surface area contributed by atoms with Gasteiger partial charge in [0.2, 0.25) is 5.95 Å². The second-order valence-electron chi connectivity index (χ2n) is 3.85. The van der Waals surface area contributed by atoms with Gasteiger partial charge in [0.1, 0.15) is 0 Å². The minimum Gasteiger partial charge on any atom is -0.504 e. The fourth-order valence-electron chi connectivity index (χ4n) is 1.42. The van der Waals surface area contributed by atoms with E-state index in [1.807, 2.05) is 0 Å². The number of anilines is 1. The van der Waals surface area contributed by atoms with Crippen molar-refractivity contribution < 1.29 is 10.2 Å². The molecular weight excluding hydrogens is 248 g/mol. The number of aromatic nitrogens is 2. The van der Waals surface area contributed by atoms with Crippen LogP contribution in [0.2, 0.25) is 0 Å². The lowest BCUT2D eigenvalue weighted by Crippen LogP contribution is -2.10. The molecule has 2 rings (SSSR count). The van der Waals surface area contributed by atoms with Crippen LogP contribution in [0.3, 0.4) is 0 Å². The molecule has 4 N–H and O–H groups in total. The molecule has 0 radical (unpaired) electrons. The van der Waals surface area contributed by atoms with Crippen molar-refractivity contribution in [2.75, 3.05) is 5.43 Å². The van der Waals surface area contributed by atoms with Gasteiger partial charge in [-0.15, -0.1) is 0 Å². The maximum Gasteiger partial charge on any atom is 0.252 e. The number of nitrogens with one attached hydrogen (secondary N) is 2. The average molecular weight is 260 g/mol. The van der Waals surface area contributed by atoms with Crippen LogP contribution in [0.4, 0.5) is 5.95 Å². The number of nitrogens with zero attached hydrogens (tertiary/aromatic N) is 2. The van der Waals surface area contributed by atoms with Crippen LogP contribution in [-0.2, 0) is 0 Å². The van der Waals surface area contributed by atoms with Gasteiger partial charge in [-0.3, -0.25) is 9.78 Å². The normalized spacial score (nSPS) is 10.8. The van der Waals surface area contributed by atoms with E-state index in [0.29, 0.717) is 11.3 Å². The molecule has 0 unspecified atom stereocenters. The molecule has 0 saturated heterocycles. The Morgan fingerprint density at radius 1 is 1.32 bits per heavy atom. The monoisotopic (exact) mass is 260 g/mol. The number of aryl methyl sites for hydroxylation is 1. The average Bonchev–Trinajstić information content (AvgIpc) is 2.32. The molecule has 19 heavy (non-hydrogen) atoms. The van der Waals surface area contributed by atoms with Crippen molar-refractivity contribution in [2.45, 2.75) is 6.92 Å². The lowest BCUT2D eigenvalue weighted by Gasteiger charge is -2.00. The van der Waals surface area contributed by atoms with Gasteiger partial charge >= 0.3 is 0 Å². The Kier molecular flexibility index (Phi) is 3.46. The van der Waals surface area contributed by atoms with E-state index in [-0.39, 0.29) is 23.0 Å². The smallest absolute Gasteiger partial charge is 0.252 e. The van der Waals surface area contributed by atoms with Gasteiger partial charge in [-0.05, 0) is 30.7 Å². The molecule has 0 bridgehead atoms. The summed E-state index contributed by atoms with van der Waals surface area (Å²) in [6, 6.07) is 5.65. The summed E-state index contributed by atoms with van der Waals surface area (Å²) in [6.45, 7) is 1.70. The van der Waals surface area contributed by atoms with Crippen molar-refractivity contribution in [3.8, 4) is 11.5 Å². The zero-order valence-electron chi connectivity index (χ0n) is 10.1. The summed E-state index contributed by atoms with van der Waals surface area (Å²) in [5, 5.41) is 22.3. The van der Waals surface area contributed by atoms with Crippen LogP contribution in [0.15, 0.2) is 34.2 Å². The summed E-state index contributed by atoms with van der Waals surface area (Å²) >= 11 is 0. The summed E-state index contributed by atoms with van der Waals surface area (Å²) in [7, 11) is 0. The highest BCUT2D eigenvalue weighted by Gasteiger charge is 1.99. The van der Waals surface area contributed by atoms with Crippen molar-refractivity contribution in [2.24, 2.45) is 5.10 Å². The summed E-state index contributed by atoms with van der Waals surface area (Å²) in [5.74, 6) is -0.204. The highest BCUT2D eigenvalue weighted by molar-refractivity contribution is 5.81. The van der Waals surface area contributed by atoms with Gasteiger partial charge in [0.25, 0.3) is 5.56 Å². The number of phenolic OH excluding ortho intramolecular Hbond substituents is 2. The Labute approximate surface area is 108 Å². The molecule has 2 aromatic rings. The first-order chi connectivity index (χ1) is 9.04. The van der Waals surface area contributed by atoms with E-state index in [1.165, 1.54) is 24.4 Å². The maximum atomic E-state index is 11.2. The van der Waals surface area contributed by atoms with Crippen molar-refractivity contribution in [3.05, 3.63) is 45.9 Å². The Balaban J connectivity index is 2.11. The van der Waals surface area contributed by atoms with Crippen LogP contribution in [0.5, 0.6) is 11.5 Å². The molecule has 0 saturated carbocycles. The molecule has 7 heteroatoms. The van der Waals surface area contributed by atoms with E-state index in [4.69, 9.17) is 5.11 Å². The van der Waals surface area contributed by atoms with Crippen molar-refractivity contribution in [1.82, 2.24) is 9.97 Å². The molecule has 0 aliphatic heterocycles. The number of hydrogen-bond acceptors (Lipinski definition) is 6. The molecule has 7 nitrogen and oxygen atoms in total. The van der Waals surface area contributed by atoms with Crippen LogP contribution in [0.25, 0.3) is 0 Å². The molecule has 1 aromatic heterocycles. The zero-order valence-corrected chi connectivity index (χ0v) is 10.1. The minimum atomic E-state index is -0.271. The van der Waals surface area contributed by atoms with Crippen molar-refractivity contribution in [3.63, 3.8) is 0 Å². The number of aromatic hydroxyl groups is 2. The lowest BCUT2D eigenvalue weighted by molar-refractivity contribution is 0.403. The number of hydrazone groups is 1. The Morgan fingerprint density at radius 3 is 2.79 bits per heavy atom. The van der Waals surface area contributed by atoms with Crippen molar-refractivity contribution >= 4 is 12.2 Å². The summed E-state index contributed by atoms with van der Waals surface area (Å²) in [5.41, 5.74) is 3.45. The molecule has 0 fully saturated rings. The number of benzene rings is 1. The Hall–Kier alpha value is -2.83. The summed E-state index contributed by atoms with van der Waals surface area (Å²) in [4.78, 5) is 17.7. The molecule has 0 amide bonds. The quantitative estimate of drug-likeness (QED) is 0.373. The Bertz CT molecular complexity index is 679. The van der Waals surface area contributed by atoms with E-state index in [1.54, 1.807) is 13.0 Å². The fourth-order valence-corrected chi connectivity index (χ4v) is 1.42. The number of phenols is 2. The number of hydrogen-bond donors (Lipinski definition) is 4. The van der Waals surface area contributed by atoms with Gasteiger partial charge in [-0.1, -0.05) is 0 Å². The largest absolute Gasteiger partial charge is 0.504 e. The number of H-pyrrole nitrogens is 1.